The molecule has 0 saturated carbocycles. The van der Waals surface area contributed by atoms with Crippen LogP contribution in [0.25, 0.3) is 0 Å². The molecule has 2 atom stereocenters. The molecule has 1 heterocycles. The summed E-state index contributed by atoms with van der Waals surface area (Å²) in [4.78, 5) is 4.02. The highest BCUT2D eigenvalue weighted by Gasteiger charge is 2.11. The number of hydrogen-bond donors (Lipinski definition) is 1. The maximum Gasteiger partial charge on any atom is 0.0991 e. The van der Waals surface area contributed by atoms with E-state index in [1.165, 1.54) is 5.56 Å². The lowest BCUT2D eigenvalue weighted by Gasteiger charge is -2.20. The molecule has 0 aliphatic carbocycles. The van der Waals surface area contributed by atoms with Crippen molar-refractivity contribution in [2.75, 3.05) is 0 Å². The molecule has 1 N–H and O–H groups in total. The number of nitriles is 1. The van der Waals surface area contributed by atoms with Crippen LogP contribution in [0.4, 0.5) is 0 Å². The van der Waals surface area contributed by atoms with Gasteiger partial charge in [-0.3, -0.25) is 4.98 Å². The topological polar surface area (TPSA) is 48.7 Å². The highest BCUT2D eigenvalue weighted by molar-refractivity contribution is 5.34. The fourth-order valence-corrected chi connectivity index (χ4v) is 2.10. The molecule has 0 spiro atoms. The van der Waals surface area contributed by atoms with Crippen molar-refractivity contribution in [3.8, 4) is 6.07 Å². The number of rotatable bonds is 4. The molecule has 3 heteroatoms. The number of nitrogens with one attached hydrogen (secondary N) is 1. The van der Waals surface area contributed by atoms with E-state index in [2.05, 4.69) is 30.2 Å². The Hall–Kier alpha value is -2.18. The van der Waals surface area contributed by atoms with E-state index in [4.69, 9.17) is 5.26 Å². The van der Waals surface area contributed by atoms with Gasteiger partial charge in [-0.15, -0.1) is 0 Å². The van der Waals surface area contributed by atoms with Crippen molar-refractivity contribution in [2.24, 2.45) is 0 Å². The summed E-state index contributed by atoms with van der Waals surface area (Å²) in [5.74, 6) is 0. The smallest absolute Gasteiger partial charge is 0.0991 e. The van der Waals surface area contributed by atoms with Crippen LogP contribution in [0, 0.1) is 11.3 Å². The standard InChI is InChI=1S/C16H17N3/c1-12(15-6-8-18-9-7-15)19-13(2)16-5-3-4-14(10-16)11-17/h3-10,12-13,19H,1-2H3/t12-,13?/m0/s1. The highest BCUT2D eigenvalue weighted by Crippen LogP contribution is 2.19. The molecule has 0 aliphatic heterocycles. The second kappa shape index (κ2) is 6.12. The molecule has 1 aromatic carbocycles. The summed E-state index contributed by atoms with van der Waals surface area (Å²) in [7, 11) is 0. The van der Waals surface area contributed by atoms with Crippen molar-refractivity contribution < 1.29 is 0 Å². The van der Waals surface area contributed by atoms with E-state index >= 15 is 0 Å². The first kappa shape index (κ1) is 13.3. The number of nitrogens with zero attached hydrogens (tertiary/aromatic N) is 2. The Bertz CT molecular complexity index is 572. The average molecular weight is 251 g/mol. The summed E-state index contributed by atoms with van der Waals surface area (Å²) in [6.07, 6.45) is 3.60. The first-order valence-electron chi connectivity index (χ1n) is 6.36. The lowest BCUT2D eigenvalue weighted by atomic mass is 10.0. The summed E-state index contributed by atoms with van der Waals surface area (Å²) in [5.41, 5.74) is 3.03. The van der Waals surface area contributed by atoms with E-state index in [1.54, 1.807) is 12.4 Å². The van der Waals surface area contributed by atoms with E-state index in [0.29, 0.717) is 5.56 Å². The van der Waals surface area contributed by atoms with Gasteiger partial charge in [-0.1, -0.05) is 12.1 Å². The van der Waals surface area contributed by atoms with Crippen molar-refractivity contribution in [2.45, 2.75) is 25.9 Å². The number of aromatic nitrogens is 1. The van der Waals surface area contributed by atoms with Crippen LogP contribution in [-0.4, -0.2) is 4.98 Å². The number of pyridine rings is 1. The molecule has 19 heavy (non-hydrogen) atoms. The van der Waals surface area contributed by atoms with E-state index in [0.717, 1.165) is 5.56 Å². The van der Waals surface area contributed by atoms with Crippen molar-refractivity contribution in [1.29, 1.82) is 5.26 Å². The number of hydrogen-bond acceptors (Lipinski definition) is 3. The summed E-state index contributed by atoms with van der Waals surface area (Å²) < 4.78 is 0. The van der Waals surface area contributed by atoms with Gasteiger partial charge in [-0.2, -0.15) is 5.26 Å². The minimum absolute atomic E-state index is 0.191. The minimum atomic E-state index is 0.191. The maximum absolute atomic E-state index is 8.93. The fraction of sp³-hybridized carbons (Fsp3) is 0.250. The summed E-state index contributed by atoms with van der Waals surface area (Å²) >= 11 is 0. The molecule has 96 valence electrons. The molecule has 2 aromatic rings. The van der Waals surface area contributed by atoms with Crippen LogP contribution >= 0.6 is 0 Å². The Morgan fingerprint density at radius 2 is 1.74 bits per heavy atom. The molecule has 0 amide bonds. The quantitative estimate of drug-likeness (QED) is 0.906. The minimum Gasteiger partial charge on any atom is -0.304 e. The molecule has 0 bridgehead atoms. The third kappa shape index (κ3) is 3.40. The van der Waals surface area contributed by atoms with E-state index < -0.39 is 0 Å². The molecular formula is C16H17N3. The van der Waals surface area contributed by atoms with Crippen LogP contribution in [0.3, 0.4) is 0 Å². The summed E-state index contributed by atoms with van der Waals surface area (Å²) in [6, 6.07) is 14.3. The zero-order chi connectivity index (χ0) is 13.7. The predicted molar refractivity (Wildman–Crippen MR) is 75.4 cm³/mol. The van der Waals surface area contributed by atoms with Gasteiger partial charge in [-0.25, -0.2) is 0 Å². The molecule has 2 rings (SSSR count). The summed E-state index contributed by atoms with van der Waals surface area (Å²) in [5, 5.41) is 12.5. The van der Waals surface area contributed by atoms with Crippen LogP contribution in [0.1, 0.15) is 42.6 Å². The van der Waals surface area contributed by atoms with Crippen molar-refractivity contribution in [3.63, 3.8) is 0 Å². The second-order valence-corrected chi connectivity index (χ2v) is 4.63. The zero-order valence-corrected chi connectivity index (χ0v) is 11.2. The van der Waals surface area contributed by atoms with Crippen molar-refractivity contribution >= 4 is 0 Å². The normalized spacial score (nSPS) is 13.5. The number of benzene rings is 1. The van der Waals surface area contributed by atoms with Gasteiger partial charge < -0.3 is 5.32 Å². The van der Waals surface area contributed by atoms with Gasteiger partial charge >= 0.3 is 0 Å². The van der Waals surface area contributed by atoms with E-state index in [1.807, 2.05) is 36.4 Å². The highest BCUT2D eigenvalue weighted by atomic mass is 14.9. The second-order valence-electron chi connectivity index (χ2n) is 4.63. The Kier molecular flexibility index (Phi) is 4.27. The molecular weight excluding hydrogens is 234 g/mol. The summed E-state index contributed by atoms with van der Waals surface area (Å²) in [6.45, 7) is 4.23. The van der Waals surface area contributed by atoms with Crippen molar-refractivity contribution in [3.05, 3.63) is 65.5 Å². The molecule has 0 aliphatic rings. The third-order valence-electron chi connectivity index (χ3n) is 3.22. The van der Waals surface area contributed by atoms with Crippen LogP contribution in [0.2, 0.25) is 0 Å². The van der Waals surface area contributed by atoms with E-state index in [-0.39, 0.29) is 12.1 Å². The maximum atomic E-state index is 8.93. The molecule has 1 aromatic heterocycles. The zero-order valence-electron chi connectivity index (χ0n) is 11.2. The first-order chi connectivity index (χ1) is 9.20. The molecule has 0 fully saturated rings. The van der Waals surface area contributed by atoms with E-state index in [9.17, 15) is 0 Å². The Morgan fingerprint density at radius 3 is 2.42 bits per heavy atom. The molecule has 0 saturated heterocycles. The fourth-order valence-electron chi connectivity index (χ4n) is 2.10. The van der Waals surface area contributed by atoms with Gasteiger partial charge in [0.2, 0.25) is 0 Å². The van der Waals surface area contributed by atoms with Gasteiger partial charge in [-0.05, 0) is 49.2 Å². The van der Waals surface area contributed by atoms with Crippen LogP contribution in [0.5, 0.6) is 0 Å². The van der Waals surface area contributed by atoms with Gasteiger partial charge in [0.25, 0.3) is 0 Å². The Labute approximate surface area is 113 Å². The molecule has 1 unspecified atom stereocenters. The first-order valence-corrected chi connectivity index (χ1v) is 6.36. The molecule has 0 radical (unpaired) electrons. The van der Waals surface area contributed by atoms with Gasteiger partial charge in [0.1, 0.15) is 0 Å². The van der Waals surface area contributed by atoms with Gasteiger partial charge in [0.05, 0.1) is 11.6 Å². The van der Waals surface area contributed by atoms with Crippen LogP contribution < -0.4 is 5.32 Å². The van der Waals surface area contributed by atoms with Crippen molar-refractivity contribution in [1.82, 2.24) is 10.3 Å². The predicted octanol–water partition coefficient (Wildman–Crippen LogP) is 3.37. The Morgan fingerprint density at radius 1 is 1.05 bits per heavy atom. The third-order valence-corrected chi connectivity index (χ3v) is 3.22. The van der Waals surface area contributed by atoms with Gasteiger partial charge in [0.15, 0.2) is 0 Å². The Balaban J connectivity index is 2.08. The molecule has 3 nitrogen and oxygen atoms in total. The average Bonchev–Trinajstić information content (AvgIpc) is 2.48. The van der Waals surface area contributed by atoms with Gasteiger partial charge in [0, 0.05) is 24.5 Å². The van der Waals surface area contributed by atoms with Crippen LogP contribution in [0.15, 0.2) is 48.8 Å². The van der Waals surface area contributed by atoms with Crippen LogP contribution in [-0.2, 0) is 0 Å². The monoisotopic (exact) mass is 251 g/mol. The largest absolute Gasteiger partial charge is 0.304 e. The lowest BCUT2D eigenvalue weighted by molar-refractivity contribution is 0.494. The lowest BCUT2D eigenvalue weighted by Crippen LogP contribution is -2.22. The SMILES string of the molecule is CC(N[C@@H](C)c1ccncc1)c1cccc(C#N)c1.